The second kappa shape index (κ2) is 36.7. The molecule has 0 spiro atoms. The fraction of sp³-hybridized carbons (Fsp3) is 0. The number of hydrogen-bond acceptors (Lipinski definition) is 15. The maximum atomic E-state index is 7.23. The average Bonchev–Trinajstić information content (AvgIpc) is 2.22. The van der Waals surface area contributed by atoms with E-state index >= 15 is 0 Å². The van der Waals surface area contributed by atoms with Gasteiger partial charge in [-0.25, -0.2) is 10.5 Å². The number of rotatable bonds is 4. The van der Waals surface area contributed by atoms with Crippen molar-refractivity contribution >= 4 is 0 Å². The smallest absolute Gasteiger partial charge is 0 e. The van der Waals surface area contributed by atoms with E-state index in [0.717, 1.165) is 0 Å². The molecule has 0 radical (unpaired) electrons. The Morgan fingerprint density at radius 1 is 0.562 bits per heavy atom. The minimum Gasteiger partial charge on any atom is -0.412 e. The van der Waals surface area contributed by atoms with Gasteiger partial charge in [-0.05, 0) is 25.2 Å². The Morgan fingerprint density at radius 3 is 0.938 bits per heavy atom. The summed E-state index contributed by atoms with van der Waals surface area (Å²) in [6.07, 6.45) is 0. The topological polar surface area (TPSA) is 236 Å². The van der Waals surface area contributed by atoms with Crippen LogP contribution < -0.4 is 0 Å². The van der Waals surface area contributed by atoms with Gasteiger partial charge < -0.3 is 5.48 Å². The third-order valence-electron chi connectivity index (χ3n) is 0.228. The molecule has 0 aromatic carbocycles. The van der Waals surface area contributed by atoms with Gasteiger partial charge in [-0.2, -0.15) is 0 Å². The van der Waals surface area contributed by atoms with Crippen molar-refractivity contribution in [2.24, 2.45) is 0 Å². The molecule has 0 unspecified atom stereocenters. The molecule has 0 saturated carbocycles. The lowest BCUT2D eigenvalue weighted by atomic mass is 14.0. The van der Waals surface area contributed by atoms with Crippen LogP contribution in [-0.2, 0) is 45.3 Å². The molecule has 1 fully saturated rings. The van der Waals surface area contributed by atoms with Gasteiger partial charge in [0.1, 0.15) is 0 Å². The summed E-state index contributed by atoms with van der Waals surface area (Å²) in [5, 5.41) is 67.5. The first-order valence-corrected chi connectivity index (χ1v) is 2.10. The molecule has 0 atom stereocenters. The van der Waals surface area contributed by atoms with Crippen molar-refractivity contribution in [3.63, 3.8) is 0 Å². The normalized spacial score (nSPS) is 10.9. The molecule has 16 heavy (non-hydrogen) atoms. The first-order valence-electron chi connectivity index (χ1n) is 2.10. The lowest BCUT2D eigenvalue weighted by Gasteiger charge is -2.00. The highest BCUT2D eigenvalue weighted by atomic mass is 18.0. The van der Waals surface area contributed by atoms with E-state index < -0.39 is 0 Å². The summed E-state index contributed by atoms with van der Waals surface area (Å²) in [5.41, 5.74) is 0. The van der Waals surface area contributed by atoms with Crippen LogP contribution in [0, 0.1) is 0 Å². The van der Waals surface area contributed by atoms with Crippen molar-refractivity contribution in [3.05, 3.63) is 0 Å². The highest BCUT2D eigenvalue weighted by Gasteiger charge is 2.00. The van der Waals surface area contributed by atoms with E-state index in [1.165, 1.54) is 0 Å². The predicted octanol–water partition coefficient (Wildman–Crippen LogP) is -1.39. The first-order chi connectivity index (χ1) is 7.41. The third-order valence-corrected chi connectivity index (χ3v) is 0.228. The highest BCUT2D eigenvalue weighted by Crippen LogP contribution is 1.93. The summed E-state index contributed by atoms with van der Waals surface area (Å²) in [6, 6.07) is 0. The molecule has 0 amide bonds. The Kier molecular flexibility index (Phi) is 56.3. The maximum absolute atomic E-state index is 7.23. The number of hydrogen-bond donors (Lipinski definition) is 6. The van der Waals surface area contributed by atoms with Gasteiger partial charge in [-0.3, -0.25) is 21.0 Å². The van der Waals surface area contributed by atoms with Gasteiger partial charge in [0.15, 0.2) is 0 Å². The summed E-state index contributed by atoms with van der Waals surface area (Å²) < 4.78 is 0. The zero-order valence-electron chi connectivity index (χ0n) is 6.86. The van der Waals surface area contributed by atoms with E-state index in [0.29, 0.717) is 0 Å². The van der Waals surface area contributed by atoms with Gasteiger partial charge in [0.05, 0.1) is 0 Å². The summed E-state index contributed by atoms with van der Waals surface area (Å²) in [6.45, 7) is 0. The summed E-state index contributed by atoms with van der Waals surface area (Å²) in [4.78, 5) is 0. The highest BCUT2D eigenvalue weighted by molar-refractivity contribution is 3.09. The van der Waals surface area contributed by atoms with Gasteiger partial charge in [0.25, 0.3) is 0 Å². The van der Waals surface area contributed by atoms with Gasteiger partial charge >= 0.3 is 0 Å². The van der Waals surface area contributed by atoms with Crippen LogP contribution in [0.4, 0.5) is 0 Å². The molecule has 104 valence electrons. The summed E-state index contributed by atoms with van der Waals surface area (Å²) in [5.74, 6) is 0. The van der Waals surface area contributed by atoms with Crippen LogP contribution in [-0.4, -0.2) is 37.0 Å². The van der Waals surface area contributed by atoms with Gasteiger partial charge in [-0.15, -0.1) is 0 Å². The molecular weight excluding hydrogens is 256 g/mol. The monoisotopic (exact) mass is 264 g/mol. The molecular formula is H8O16. The molecule has 1 aliphatic rings. The Balaban J connectivity index is -0.0000000686. The predicted molar refractivity (Wildman–Crippen MR) is 29.2 cm³/mol. The standard InChI is InChI=1S/H2O7.O4.2H2O2.H2O/c1-3-5-7-6-4-2;1-2-4-3-1;2*1-2;/h1-2H;;2*1-2H;1H2. The molecule has 0 bridgehead atoms. The van der Waals surface area contributed by atoms with Crippen molar-refractivity contribution < 1.29 is 82.4 Å². The van der Waals surface area contributed by atoms with Crippen molar-refractivity contribution in [3.8, 4) is 0 Å². The summed E-state index contributed by atoms with van der Waals surface area (Å²) >= 11 is 0. The molecule has 8 N–H and O–H groups in total. The van der Waals surface area contributed by atoms with E-state index in [9.17, 15) is 0 Å². The molecule has 0 aromatic heterocycles. The molecule has 1 aliphatic heterocycles. The second-order valence-electron chi connectivity index (χ2n) is 0.625. The van der Waals surface area contributed by atoms with Crippen LogP contribution >= 0.6 is 0 Å². The SMILES string of the molecule is O.O1OOO1.OO.OO.OOOOOOO. The molecule has 16 heteroatoms. The third kappa shape index (κ3) is 37.7. The van der Waals surface area contributed by atoms with Gasteiger partial charge in [-0.1, -0.05) is 0 Å². The minimum atomic E-state index is 0. The van der Waals surface area contributed by atoms with Crippen LogP contribution in [0.5, 0.6) is 0 Å². The van der Waals surface area contributed by atoms with Crippen LogP contribution in [0.1, 0.15) is 0 Å². The van der Waals surface area contributed by atoms with Gasteiger partial charge in [0.2, 0.25) is 0 Å². The Hall–Kier alpha value is -0.640. The zero-order valence-corrected chi connectivity index (χ0v) is 6.86. The van der Waals surface area contributed by atoms with Crippen LogP contribution in [0.2, 0.25) is 0 Å². The van der Waals surface area contributed by atoms with E-state index in [4.69, 9.17) is 31.5 Å². The molecule has 1 saturated heterocycles. The van der Waals surface area contributed by atoms with E-state index in [2.05, 4.69) is 45.3 Å². The summed E-state index contributed by atoms with van der Waals surface area (Å²) in [7, 11) is 0. The Bertz CT molecular complexity index is 45.1. The molecule has 1 rings (SSSR count). The van der Waals surface area contributed by atoms with E-state index in [1.807, 2.05) is 0 Å². The van der Waals surface area contributed by atoms with Crippen LogP contribution in [0.3, 0.4) is 0 Å². The molecule has 1 heterocycles. The fourth-order valence-electron chi connectivity index (χ4n) is 0.0640. The molecule has 16 nitrogen and oxygen atoms in total. The first kappa shape index (κ1) is 24.5. The zero-order chi connectivity index (χ0) is 12.4. The fourth-order valence-corrected chi connectivity index (χ4v) is 0.0640. The van der Waals surface area contributed by atoms with Crippen molar-refractivity contribution in [2.45, 2.75) is 0 Å². The average molecular weight is 264 g/mol. The minimum absolute atomic E-state index is 0. The Labute approximate surface area is 83.8 Å². The lowest BCUT2D eigenvalue weighted by Crippen LogP contribution is -2.07. The van der Waals surface area contributed by atoms with Crippen LogP contribution in [0.25, 0.3) is 0 Å². The Morgan fingerprint density at radius 2 is 0.812 bits per heavy atom. The van der Waals surface area contributed by atoms with Gasteiger partial charge in [0, 0.05) is 20.2 Å². The van der Waals surface area contributed by atoms with Crippen LogP contribution in [0.15, 0.2) is 0 Å². The molecule has 0 aliphatic carbocycles. The second-order valence-corrected chi connectivity index (χ2v) is 0.625. The molecule has 0 aromatic rings. The van der Waals surface area contributed by atoms with E-state index in [1.54, 1.807) is 0 Å². The quantitative estimate of drug-likeness (QED) is 0.194. The van der Waals surface area contributed by atoms with Crippen molar-refractivity contribution in [2.75, 3.05) is 0 Å². The van der Waals surface area contributed by atoms with Crippen molar-refractivity contribution in [1.29, 1.82) is 0 Å². The lowest BCUT2D eigenvalue weighted by molar-refractivity contribution is -0.914. The largest absolute Gasteiger partial charge is 0.412 e. The van der Waals surface area contributed by atoms with Crippen molar-refractivity contribution in [1.82, 2.24) is 0 Å². The van der Waals surface area contributed by atoms with E-state index in [-0.39, 0.29) is 5.48 Å². The maximum Gasteiger partial charge on any atom is 0 e.